The zero-order valence-corrected chi connectivity index (χ0v) is 39.9. The number of carbonyl (C=O) groups excluding carboxylic acids is 3. The topological polar surface area (TPSA) is 352 Å². The van der Waals surface area contributed by atoms with Gasteiger partial charge in [0.15, 0.2) is 6.23 Å². The van der Waals surface area contributed by atoms with E-state index in [2.05, 4.69) is 55.7 Å². The van der Waals surface area contributed by atoms with E-state index in [0.717, 1.165) is 30.6 Å². The van der Waals surface area contributed by atoms with Crippen LogP contribution in [0.15, 0.2) is 16.8 Å². The zero-order chi connectivity index (χ0) is 48.7. The minimum atomic E-state index is -5.22. The molecule has 0 aliphatic carbocycles. The molecule has 382 valence electrons. The van der Waals surface area contributed by atoms with Crippen molar-refractivity contribution in [1.29, 1.82) is 0 Å². The molecule has 0 spiro atoms. The first-order valence-corrected chi connectivity index (χ1v) is 25.5. The second kappa shape index (κ2) is 30.0. The van der Waals surface area contributed by atoms with Gasteiger partial charge in [-0.2, -0.15) is 0 Å². The van der Waals surface area contributed by atoms with Gasteiger partial charge in [0, 0.05) is 56.3 Å². The van der Waals surface area contributed by atoms with Crippen LogP contribution in [0.1, 0.15) is 78.6 Å². The van der Waals surface area contributed by atoms with Gasteiger partial charge in [0.1, 0.15) is 24.1 Å². The van der Waals surface area contributed by atoms with E-state index in [-0.39, 0.29) is 69.1 Å². The van der Waals surface area contributed by atoms with E-state index in [0.29, 0.717) is 82.7 Å². The quantitative estimate of drug-likeness (QED) is 0.0283. The summed E-state index contributed by atoms with van der Waals surface area (Å²) in [4.78, 5) is 81.0. The summed E-state index contributed by atoms with van der Waals surface area (Å²) in [5, 5.41) is 29.7. The van der Waals surface area contributed by atoms with Crippen molar-refractivity contribution in [2.45, 2.75) is 122 Å². The Kier molecular flexibility index (Phi) is 26.2. The van der Waals surface area contributed by atoms with E-state index in [4.69, 9.17) is 39.2 Å². The molecule has 0 saturated carbocycles. The Hall–Kier alpha value is -2.68. The van der Waals surface area contributed by atoms with Crippen LogP contribution in [0.3, 0.4) is 0 Å². The van der Waals surface area contributed by atoms with Crippen molar-refractivity contribution in [2.24, 2.45) is 16.6 Å². The van der Waals surface area contributed by atoms with Crippen LogP contribution in [0.25, 0.3) is 0 Å². The standard InChI is InChI=1S/C39H73N7O18P2/c1-4-27(2)23-30-9-5-7-28(3)45(30)25-34(49)42-13-10-32(47)43-14-16-59-18-20-61-22-21-60-19-17-58-15-11-33(48)41-12-6-8-29-24-46(39(51)44-37(29)40)38-35(50)36(64-66(55,56)57)31(63-38)26-62-65(52,53)54/h24,27-28,30-31,35-36,38-39,50-51H,4-23,25-26H2,1-3H3,(H2,40,44)(H,41,48)(H,42,49)(H,43,47)(H2,52,53,54)(H2,55,56,57)/t27?,28?,30?,31-,35?,36?,38-,39?/m1/s1. The predicted octanol–water partition coefficient (Wildman–Crippen LogP) is -0.853. The molecule has 0 aromatic heterocycles. The molecule has 3 amide bonds. The Morgan fingerprint density at radius 1 is 0.864 bits per heavy atom. The number of nitrogens with one attached hydrogen (secondary N) is 3. The predicted molar refractivity (Wildman–Crippen MR) is 236 cm³/mol. The normalized spacial score (nSPS) is 24.4. The van der Waals surface area contributed by atoms with Gasteiger partial charge in [-0.05, 0) is 44.9 Å². The summed E-state index contributed by atoms with van der Waals surface area (Å²) >= 11 is 0. The van der Waals surface area contributed by atoms with Crippen molar-refractivity contribution >= 4 is 39.2 Å². The van der Waals surface area contributed by atoms with Crippen LogP contribution in [0, 0.1) is 5.92 Å². The molecule has 11 N–H and O–H groups in total. The number of piperidine rings is 1. The van der Waals surface area contributed by atoms with Gasteiger partial charge in [0.25, 0.3) is 0 Å². The smallest absolute Gasteiger partial charge is 0.386 e. The van der Waals surface area contributed by atoms with Crippen molar-refractivity contribution < 1.29 is 86.0 Å². The van der Waals surface area contributed by atoms with Gasteiger partial charge in [-0.25, -0.2) is 14.1 Å². The molecule has 3 heterocycles. The van der Waals surface area contributed by atoms with E-state index in [1.165, 1.54) is 12.6 Å². The van der Waals surface area contributed by atoms with Crippen LogP contribution in [0.2, 0.25) is 0 Å². The monoisotopic (exact) mass is 989 g/mol. The minimum Gasteiger partial charge on any atom is -0.386 e. The van der Waals surface area contributed by atoms with E-state index in [9.17, 15) is 43.5 Å². The number of aliphatic hydroxyl groups excluding tert-OH is 2. The fourth-order valence-electron chi connectivity index (χ4n) is 7.46. The highest BCUT2D eigenvalue weighted by molar-refractivity contribution is 7.46. The van der Waals surface area contributed by atoms with Crippen molar-refractivity contribution in [3.05, 3.63) is 11.8 Å². The number of likely N-dealkylation sites (tertiary alicyclic amines) is 1. The molecule has 0 radical (unpaired) electrons. The number of phosphoric acid groups is 2. The Balaban J connectivity index is 1.15. The first kappa shape index (κ1) is 57.6. The molecule has 8 atom stereocenters. The Labute approximate surface area is 385 Å². The summed E-state index contributed by atoms with van der Waals surface area (Å²) in [5.74, 6) is 0.106. The number of carbonyl (C=O) groups is 3. The average Bonchev–Trinajstić information content (AvgIpc) is 3.53. The number of ether oxygens (including phenoxy) is 5. The molecule has 25 nitrogen and oxygen atoms in total. The van der Waals surface area contributed by atoms with Crippen LogP contribution >= 0.6 is 15.6 Å². The maximum absolute atomic E-state index is 12.6. The maximum atomic E-state index is 12.6. The molecule has 3 rings (SSSR count). The number of nitrogens with zero attached hydrogens (tertiary/aromatic N) is 3. The lowest BCUT2D eigenvalue weighted by molar-refractivity contribution is -0.130. The zero-order valence-electron chi connectivity index (χ0n) is 38.1. The number of aliphatic imine (C=N–C) groups is 1. The van der Waals surface area contributed by atoms with Gasteiger partial charge < -0.3 is 80.1 Å². The van der Waals surface area contributed by atoms with Crippen molar-refractivity contribution in [1.82, 2.24) is 25.8 Å². The van der Waals surface area contributed by atoms with Crippen LogP contribution in [0.5, 0.6) is 0 Å². The van der Waals surface area contributed by atoms with Gasteiger partial charge in [-0.1, -0.05) is 26.7 Å². The Morgan fingerprint density at radius 3 is 2.11 bits per heavy atom. The molecule has 3 aliphatic heterocycles. The minimum absolute atomic E-state index is 0.0475. The van der Waals surface area contributed by atoms with Crippen LogP contribution < -0.4 is 21.7 Å². The highest BCUT2D eigenvalue weighted by Gasteiger charge is 2.51. The van der Waals surface area contributed by atoms with E-state index in [1.54, 1.807) is 0 Å². The molecule has 2 fully saturated rings. The van der Waals surface area contributed by atoms with E-state index >= 15 is 0 Å². The largest absolute Gasteiger partial charge is 0.470 e. The molecule has 6 unspecified atom stereocenters. The van der Waals surface area contributed by atoms with Gasteiger partial charge >= 0.3 is 15.6 Å². The van der Waals surface area contributed by atoms with Crippen LogP contribution in [-0.2, 0) is 56.2 Å². The highest BCUT2D eigenvalue weighted by Crippen LogP contribution is 2.44. The summed E-state index contributed by atoms with van der Waals surface area (Å²) in [5.41, 5.74) is 6.34. The first-order valence-electron chi connectivity index (χ1n) is 22.4. The molecule has 3 aliphatic rings. The first-order chi connectivity index (χ1) is 31.3. The van der Waals surface area contributed by atoms with Crippen molar-refractivity contribution in [3.8, 4) is 0 Å². The van der Waals surface area contributed by atoms with Crippen molar-refractivity contribution in [3.63, 3.8) is 0 Å². The molecule has 66 heavy (non-hydrogen) atoms. The van der Waals surface area contributed by atoms with Crippen molar-refractivity contribution in [2.75, 3.05) is 85.6 Å². The Bertz CT molecular complexity index is 1640. The van der Waals surface area contributed by atoms with E-state index < -0.39 is 53.1 Å². The average molecular weight is 990 g/mol. The lowest BCUT2D eigenvalue weighted by Gasteiger charge is -2.41. The van der Waals surface area contributed by atoms with Gasteiger partial charge in [0.2, 0.25) is 24.1 Å². The van der Waals surface area contributed by atoms with Crippen LogP contribution in [0.4, 0.5) is 0 Å². The van der Waals surface area contributed by atoms with Gasteiger partial charge in [-0.3, -0.25) is 28.3 Å². The lowest BCUT2D eigenvalue weighted by Crippen LogP contribution is -2.50. The summed E-state index contributed by atoms with van der Waals surface area (Å²) in [6, 6.07) is 0.801. The number of phosphoric ester groups is 2. The summed E-state index contributed by atoms with van der Waals surface area (Å²) in [6.07, 6.45) is -0.643. The number of amidine groups is 1. The maximum Gasteiger partial charge on any atom is 0.470 e. The molecule has 0 aromatic carbocycles. The SMILES string of the molecule is CCC(C)CC1CCCC(C)N1CC(=O)NCCC(=O)NCCOCCOCCOCCOCCC(=O)NCCCC1=CN([C@@H]2O[C@H](COP(=O)(O)O)C(OP(=O)(O)O)C2O)C(O)N=C1N. The fraction of sp³-hybridized carbons (Fsp3) is 0.846. The Morgan fingerprint density at radius 2 is 1.47 bits per heavy atom. The number of hydrogen-bond acceptors (Lipinski definition) is 18. The number of amides is 3. The fourth-order valence-corrected chi connectivity index (χ4v) is 8.38. The number of nitrogens with two attached hydrogens (primary N) is 1. The molecule has 0 bridgehead atoms. The molecule has 2 saturated heterocycles. The number of hydrogen-bond donors (Lipinski definition) is 10. The number of rotatable bonds is 33. The third-order valence-electron chi connectivity index (χ3n) is 11.1. The number of aliphatic hydroxyl groups is 2. The van der Waals surface area contributed by atoms with Crippen LogP contribution in [-0.4, -0.2) is 192 Å². The summed E-state index contributed by atoms with van der Waals surface area (Å²) in [7, 11) is -10.3. The third-order valence-corrected chi connectivity index (χ3v) is 12.1. The second-order valence-corrected chi connectivity index (χ2v) is 18.8. The molecule has 0 aromatic rings. The third kappa shape index (κ3) is 22.6. The molecule has 27 heteroatoms. The van der Waals surface area contributed by atoms with Gasteiger partial charge in [-0.15, -0.1) is 0 Å². The molecular formula is C39H73N7O18P2. The van der Waals surface area contributed by atoms with Gasteiger partial charge in [0.05, 0.1) is 66.0 Å². The second-order valence-electron chi connectivity index (χ2n) is 16.3. The lowest BCUT2D eigenvalue weighted by atomic mass is 9.89. The van der Waals surface area contributed by atoms with E-state index in [1.807, 2.05) is 0 Å². The highest BCUT2D eigenvalue weighted by atomic mass is 31.2. The molecular weight excluding hydrogens is 916 g/mol. The summed E-state index contributed by atoms with van der Waals surface area (Å²) in [6.45, 7) is 9.40. The summed E-state index contributed by atoms with van der Waals surface area (Å²) < 4.78 is 59.1.